The molecule has 0 aliphatic heterocycles. The van der Waals surface area contributed by atoms with Crippen LogP contribution in [0.3, 0.4) is 0 Å². The molecule has 0 aliphatic rings. The van der Waals surface area contributed by atoms with Gasteiger partial charge in [0.25, 0.3) is 0 Å². The molecule has 0 bridgehead atoms. The maximum absolute atomic E-state index is 11.4. The van der Waals surface area contributed by atoms with Crippen LogP contribution in [0.1, 0.15) is 18.4 Å². The molecule has 1 aromatic carbocycles. The SMILES string of the molecule is COC(=O)C(C)c1ccc(Nc2ccccn2)cc1. The fourth-order valence-electron chi connectivity index (χ4n) is 1.75. The fraction of sp³-hybridized carbons (Fsp3) is 0.200. The number of anilines is 2. The van der Waals surface area contributed by atoms with Gasteiger partial charge in [0.2, 0.25) is 0 Å². The van der Waals surface area contributed by atoms with Crippen LogP contribution in [-0.4, -0.2) is 18.1 Å². The Kier molecular flexibility index (Phi) is 4.13. The van der Waals surface area contributed by atoms with Crippen molar-refractivity contribution in [3.05, 3.63) is 54.2 Å². The lowest BCUT2D eigenvalue weighted by Gasteiger charge is -2.11. The van der Waals surface area contributed by atoms with Crippen LogP contribution in [0, 0.1) is 0 Å². The van der Waals surface area contributed by atoms with E-state index in [0.717, 1.165) is 17.1 Å². The van der Waals surface area contributed by atoms with E-state index in [9.17, 15) is 4.79 Å². The molecule has 2 aromatic rings. The highest BCUT2D eigenvalue weighted by Gasteiger charge is 2.14. The quantitative estimate of drug-likeness (QED) is 0.854. The molecule has 98 valence electrons. The van der Waals surface area contributed by atoms with Gasteiger partial charge in [-0.1, -0.05) is 18.2 Å². The number of carbonyl (C=O) groups is 1. The van der Waals surface area contributed by atoms with Crippen LogP contribution in [-0.2, 0) is 9.53 Å². The van der Waals surface area contributed by atoms with E-state index in [0.29, 0.717) is 0 Å². The molecule has 0 saturated heterocycles. The third-order valence-corrected chi connectivity index (χ3v) is 2.90. The van der Waals surface area contributed by atoms with Crippen molar-refractivity contribution < 1.29 is 9.53 Å². The summed E-state index contributed by atoms with van der Waals surface area (Å²) in [7, 11) is 1.40. The lowest BCUT2D eigenvalue weighted by atomic mass is 10.0. The molecule has 1 atom stereocenters. The van der Waals surface area contributed by atoms with Gasteiger partial charge in [0, 0.05) is 11.9 Å². The molecule has 4 heteroatoms. The number of hydrogen-bond acceptors (Lipinski definition) is 4. The van der Waals surface area contributed by atoms with Crippen molar-refractivity contribution >= 4 is 17.5 Å². The Labute approximate surface area is 112 Å². The minimum atomic E-state index is -0.256. The summed E-state index contributed by atoms with van der Waals surface area (Å²) in [6.07, 6.45) is 1.73. The summed E-state index contributed by atoms with van der Waals surface area (Å²) in [6.45, 7) is 1.83. The van der Waals surface area contributed by atoms with E-state index in [1.165, 1.54) is 7.11 Å². The first-order valence-electron chi connectivity index (χ1n) is 6.06. The highest BCUT2D eigenvalue weighted by molar-refractivity contribution is 5.77. The molecule has 0 aliphatic carbocycles. The Hall–Kier alpha value is -2.36. The van der Waals surface area contributed by atoms with E-state index in [1.54, 1.807) is 6.20 Å². The van der Waals surface area contributed by atoms with Crippen LogP contribution in [0.4, 0.5) is 11.5 Å². The zero-order valence-electron chi connectivity index (χ0n) is 11.0. The highest BCUT2D eigenvalue weighted by Crippen LogP contribution is 2.20. The molecular weight excluding hydrogens is 240 g/mol. The second-order valence-corrected chi connectivity index (χ2v) is 4.21. The van der Waals surface area contributed by atoms with Gasteiger partial charge in [0.15, 0.2) is 0 Å². The second kappa shape index (κ2) is 6.00. The van der Waals surface area contributed by atoms with Crippen molar-refractivity contribution in [3.8, 4) is 0 Å². The number of benzene rings is 1. The number of pyridine rings is 1. The monoisotopic (exact) mass is 256 g/mol. The molecule has 0 fully saturated rings. The predicted octanol–water partition coefficient (Wildman–Crippen LogP) is 3.10. The normalized spacial score (nSPS) is 11.7. The van der Waals surface area contributed by atoms with Crippen LogP contribution in [0.25, 0.3) is 0 Å². The summed E-state index contributed by atoms with van der Waals surface area (Å²) in [4.78, 5) is 15.6. The number of methoxy groups -OCH3 is 1. The molecular formula is C15H16N2O2. The second-order valence-electron chi connectivity index (χ2n) is 4.21. The van der Waals surface area contributed by atoms with E-state index in [-0.39, 0.29) is 11.9 Å². The number of aromatic nitrogens is 1. The molecule has 0 radical (unpaired) electrons. The first-order valence-corrected chi connectivity index (χ1v) is 6.06. The summed E-state index contributed by atoms with van der Waals surface area (Å²) >= 11 is 0. The first-order chi connectivity index (χ1) is 9.20. The molecule has 4 nitrogen and oxygen atoms in total. The topological polar surface area (TPSA) is 51.2 Å². The summed E-state index contributed by atoms with van der Waals surface area (Å²) in [5.74, 6) is 0.301. The number of rotatable bonds is 4. The standard InChI is InChI=1S/C15H16N2O2/c1-11(15(18)19-2)12-6-8-13(9-7-12)17-14-5-3-4-10-16-14/h3-11H,1-2H3,(H,16,17). The van der Waals surface area contributed by atoms with Gasteiger partial charge in [-0.05, 0) is 36.8 Å². The van der Waals surface area contributed by atoms with Crippen molar-refractivity contribution in [1.29, 1.82) is 0 Å². The maximum atomic E-state index is 11.4. The lowest BCUT2D eigenvalue weighted by molar-refractivity contribution is -0.141. The van der Waals surface area contributed by atoms with Gasteiger partial charge in [-0.25, -0.2) is 4.98 Å². The fourth-order valence-corrected chi connectivity index (χ4v) is 1.75. The molecule has 2 rings (SSSR count). The smallest absolute Gasteiger partial charge is 0.312 e. The molecule has 1 N–H and O–H groups in total. The van der Waals surface area contributed by atoms with Crippen LogP contribution in [0.2, 0.25) is 0 Å². The molecule has 1 unspecified atom stereocenters. The molecule has 1 heterocycles. The molecule has 0 spiro atoms. The van der Waals surface area contributed by atoms with E-state index in [1.807, 2.05) is 49.4 Å². The minimum absolute atomic E-state index is 0.231. The highest BCUT2D eigenvalue weighted by atomic mass is 16.5. The number of ether oxygens (including phenoxy) is 1. The number of esters is 1. The Morgan fingerprint density at radius 1 is 1.21 bits per heavy atom. The zero-order chi connectivity index (χ0) is 13.7. The van der Waals surface area contributed by atoms with Crippen LogP contribution in [0.15, 0.2) is 48.7 Å². The van der Waals surface area contributed by atoms with E-state index in [2.05, 4.69) is 10.3 Å². The van der Waals surface area contributed by atoms with Crippen molar-refractivity contribution in [3.63, 3.8) is 0 Å². The number of carbonyl (C=O) groups excluding carboxylic acids is 1. The van der Waals surface area contributed by atoms with Gasteiger partial charge in [-0.15, -0.1) is 0 Å². The summed E-state index contributed by atoms with van der Waals surface area (Å²) < 4.78 is 4.73. The first kappa shape index (κ1) is 13.1. The van der Waals surface area contributed by atoms with Crippen molar-refractivity contribution in [2.24, 2.45) is 0 Å². The number of hydrogen-bond donors (Lipinski definition) is 1. The average molecular weight is 256 g/mol. The third kappa shape index (κ3) is 3.31. The van der Waals surface area contributed by atoms with Gasteiger partial charge in [0.1, 0.15) is 5.82 Å². The zero-order valence-corrected chi connectivity index (χ0v) is 11.0. The van der Waals surface area contributed by atoms with Gasteiger partial charge < -0.3 is 10.1 Å². The van der Waals surface area contributed by atoms with Crippen LogP contribution < -0.4 is 5.32 Å². The van der Waals surface area contributed by atoms with Gasteiger partial charge >= 0.3 is 5.97 Å². The van der Waals surface area contributed by atoms with Gasteiger partial charge in [-0.2, -0.15) is 0 Å². The summed E-state index contributed by atoms with van der Waals surface area (Å²) in [6, 6.07) is 13.3. The van der Waals surface area contributed by atoms with Crippen LogP contribution >= 0.6 is 0 Å². The molecule has 1 aromatic heterocycles. The van der Waals surface area contributed by atoms with Crippen molar-refractivity contribution in [2.75, 3.05) is 12.4 Å². The van der Waals surface area contributed by atoms with Gasteiger partial charge in [0.05, 0.1) is 13.0 Å². The molecule has 0 saturated carbocycles. The van der Waals surface area contributed by atoms with Crippen LogP contribution in [0.5, 0.6) is 0 Å². The van der Waals surface area contributed by atoms with E-state index >= 15 is 0 Å². The Morgan fingerprint density at radius 2 is 1.95 bits per heavy atom. The Morgan fingerprint density at radius 3 is 2.53 bits per heavy atom. The molecule has 0 amide bonds. The average Bonchev–Trinajstić information content (AvgIpc) is 2.47. The predicted molar refractivity (Wildman–Crippen MR) is 74.4 cm³/mol. The number of nitrogens with one attached hydrogen (secondary N) is 1. The van der Waals surface area contributed by atoms with Gasteiger partial charge in [-0.3, -0.25) is 4.79 Å². The molecule has 19 heavy (non-hydrogen) atoms. The largest absolute Gasteiger partial charge is 0.469 e. The minimum Gasteiger partial charge on any atom is -0.469 e. The van der Waals surface area contributed by atoms with E-state index in [4.69, 9.17) is 4.74 Å². The number of nitrogens with zero attached hydrogens (tertiary/aromatic N) is 1. The maximum Gasteiger partial charge on any atom is 0.312 e. The summed E-state index contributed by atoms with van der Waals surface area (Å²) in [5, 5.41) is 3.19. The Balaban J connectivity index is 2.08. The lowest BCUT2D eigenvalue weighted by Crippen LogP contribution is -2.10. The summed E-state index contributed by atoms with van der Waals surface area (Å²) in [5.41, 5.74) is 1.86. The van der Waals surface area contributed by atoms with Crippen molar-refractivity contribution in [1.82, 2.24) is 4.98 Å². The van der Waals surface area contributed by atoms with E-state index < -0.39 is 0 Å². The third-order valence-electron chi connectivity index (χ3n) is 2.90. The Bertz CT molecular complexity index is 538. The van der Waals surface area contributed by atoms with Crippen molar-refractivity contribution in [2.45, 2.75) is 12.8 Å².